The molecule has 0 aliphatic carbocycles. The lowest BCUT2D eigenvalue weighted by atomic mass is 10.1. The van der Waals surface area contributed by atoms with Gasteiger partial charge in [-0.1, -0.05) is 30.3 Å². The van der Waals surface area contributed by atoms with Crippen molar-refractivity contribution in [3.8, 4) is 11.5 Å². The standard InChI is InChI=1S/C23H30N2O4/c1-16(2)24-23(27)18(4)25(14-19-10-8-11-20(13-19)28-5)22(26)15-29-21-12-7-6-9-17(21)3/h6-13,16,18H,14-15H2,1-5H3,(H,24,27)/t18-/m1/s1. The van der Waals surface area contributed by atoms with Crippen LogP contribution in [0.15, 0.2) is 48.5 Å². The lowest BCUT2D eigenvalue weighted by molar-refractivity contribution is -0.142. The number of rotatable bonds is 9. The van der Waals surface area contributed by atoms with Crippen molar-refractivity contribution in [1.29, 1.82) is 0 Å². The molecule has 0 bridgehead atoms. The predicted octanol–water partition coefficient (Wildman–Crippen LogP) is 3.32. The van der Waals surface area contributed by atoms with Crippen LogP contribution in [0.1, 0.15) is 31.9 Å². The van der Waals surface area contributed by atoms with Crippen LogP contribution in [0.5, 0.6) is 11.5 Å². The molecule has 0 heterocycles. The largest absolute Gasteiger partial charge is 0.497 e. The van der Waals surface area contributed by atoms with Gasteiger partial charge in [-0.15, -0.1) is 0 Å². The van der Waals surface area contributed by atoms with Gasteiger partial charge < -0.3 is 19.7 Å². The molecule has 0 aromatic heterocycles. The van der Waals surface area contributed by atoms with Gasteiger partial charge in [0.2, 0.25) is 5.91 Å². The molecular weight excluding hydrogens is 368 g/mol. The van der Waals surface area contributed by atoms with Gasteiger partial charge in [0.05, 0.1) is 7.11 Å². The molecule has 156 valence electrons. The number of nitrogens with one attached hydrogen (secondary N) is 1. The second kappa shape index (κ2) is 10.5. The Labute approximate surface area is 172 Å². The summed E-state index contributed by atoms with van der Waals surface area (Å²) >= 11 is 0. The van der Waals surface area contributed by atoms with Gasteiger partial charge in [0.25, 0.3) is 5.91 Å². The van der Waals surface area contributed by atoms with E-state index < -0.39 is 6.04 Å². The number of benzene rings is 2. The molecule has 2 rings (SSSR count). The minimum atomic E-state index is -0.642. The zero-order valence-corrected chi connectivity index (χ0v) is 17.8. The fraction of sp³-hybridized carbons (Fsp3) is 0.391. The fourth-order valence-electron chi connectivity index (χ4n) is 2.90. The Kier molecular flexibility index (Phi) is 8.07. The number of ether oxygens (including phenoxy) is 2. The SMILES string of the molecule is COc1cccc(CN(C(=O)COc2ccccc2C)[C@H](C)C(=O)NC(C)C)c1. The summed E-state index contributed by atoms with van der Waals surface area (Å²) in [5, 5.41) is 2.87. The topological polar surface area (TPSA) is 67.9 Å². The quantitative estimate of drug-likeness (QED) is 0.704. The highest BCUT2D eigenvalue weighted by Crippen LogP contribution is 2.18. The maximum Gasteiger partial charge on any atom is 0.261 e. The third-order valence-corrected chi connectivity index (χ3v) is 4.53. The maximum atomic E-state index is 13.0. The summed E-state index contributed by atoms with van der Waals surface area (Å²) in [5.74, 6) is 0.890. The van der Waals surface area contributed by atoms with E-state index in [4.69, 9.17) is 9.47 Å². The van der Waals surface area contributed by atoms with Gasteiger partial charge >= 0.3 is 0 Å². The van der Waals surface area contributed by atoms with E-state index in [0.717, 1.165) is 11.1 Å². The normalized spacial score (nSPS) is 11.7. The van der Waals surface area contributed by atoms with Crippen LogP contribution in [-0.4, -0.2) is 42.5 Å². The minimum Gasteiger partial charge on any atom is -0.497 e. The number of amides is 2. The molecule has 0 radical (unpaired) electrons. The molecule has 0 saturated heterocycles. The van der Waals surface area contributed by atoms with Crippen molar-refractivity contribution in [2.75, 3.05) is 13.7 Å². The monoisotopic (exact) mass is 398 g/mol. The second-order valence-electron chi connectivity index (χ2n) is 7.27. The molecule has 1 atom stereocenters. The van der Waals surface area contributed by atoms with Crippen LogP contribution < -0.4 is 14.8 Å². The Bertz CT molecular complexity index is 835. The summed E-state index contributed by atoms with van der Waals surface area (Å²) in [5.41, 5.74) is 1.82. The number of para-hydroxylation sites is 1. The van der Waals surface area contributed by atoms with Crippen LogP contribution in [0.4, 0.5) is 0 Å². The van der Waals surface area contributed by atoms with Crippen molar-refractivity contribution >= 4 is 11.8 Å². The second-order valence-corrected chi connectivity index (χ2v) is 7.27. The summed E-state index contributed by atoms with van der Waals surface area (Å²) in [6.07, 6.45) is 0. The maximum absolute atomic E-state index is 13.0. The average molecular weight is 399 g/mol. The molecule has 0 aliphatic heterocycles. The molecule has 0 spiro atoms. The van der Waals surface area contributed by atoms with E-state index in [0.29, 0.717) is 11.5 Å². The molecule has 0 fully saturated rings. The van der Waals surface area contributed by atoms with Gasteiger partial charge in [0.15, 0.2) is 6.61 Å². The Morgan fingerprint density at radius 1 is 1.07 bits per heavy atom. The van der Waals surface area contributed by atoms with E-state index in [2.05, 4.69) is 5.32 Å². The number of methoxy groups -OCH3 is 1. The molecule has 0 unspecified atom stereocenters. The Morgan fingerprint density at radius 3 is 2.45 bits per heavy atom. The molecule has 2 aromatic rings. The number of aryl methyl sites for hydroxylation is 1. The first-order valence-electron chi connectivity index (χ1n) is 9.73. The van der Waals surface area contributed by atoms with Gasteiger partial charge in [-0.05, 0) is 57.0 Å². The summed E-state index contributed by atoms with van der Waals surface area (Å²) < 4.78 is 11.0. The van der Waals surface area contributed by atoms with Gasteiger partial charge in [0, 0.05) is 12.6 Å². The molecule has 0 aliphatic rings. The third kappa shape index (κ3) is 6.52. The van der Waals surface area contributed by atoms with Crippen LogP contribution in [0.25, 0.3) is 0 Å². The smallest absolute Gasteiger partial charge is 0.261 e. The highest BCUT2D eigenvalue weighted by Gasteiger charge is 2.27. The highest BCUT2D eigenvalue weighted by molar-refractivity contribution is 5.88. The van der Waals surface area contributed by atoms with E-state index in [1.54, 1.807) is 14.0 Å². The lowest BCUT2D eigenvalue weighted by Gasteiger charge is -2.29. The number of hydrogen-bond acceptors (Lipinski definition) is 4. The zero-order valence-electron chi connectivity index (χ0n) is 17.8. The zero-order chi connectivity index (χ0) is 21.4. The van der Waals surface area contributed by atoms with Crippen LogP contribution in [0.2, 0.25) is 0 Å². The lowest BCUT2D eigenvalue weighted by Crippen LogP contribution is -2.50. The minimum absolute atomic E-state index is 0.0121. The van der Waals surface area contributed by atoms with E-state index in [1.807, 2.05) is 69.3 Å². The predicted molar refractivity (Wildman–Crippen MR) is 113 cm³/mol. The highest BCUT2D eigenvalue weighted by atomic mass is 16.5. The van der Waals surface area contributed by atoms with Gasteiger partial charge in [-0.2, -0.15) is 0 Å². The summed E-state index contributed by atoms with van der Waals surface area (Å²) in [4.78, 5) is 27.1. The molecule has 2 aromatic carbocycles. The van der Waals surface area contributed by atoms with Gasteiger partial charge in [-0.25, -0.2) is 0 Å². The van der Waals surface area contributed by atoms with Crippen molar-refractivity contribution in [2.45, 2.75) is 46.3 Å². The average Bonchev–Trinajstić information content (AvgIpc) is 2.70. The first-order chi connectivity index (χ1) is 13.8. The Morgan fingerprint density at radius 2 is 1.79 bits per heavy atom. The van der Waals surface area contributed by atoms with Crippen LogP contribution in [0.3, 0.4) is 0 Å². The van der Waals surface area contributed by atoms with E-state index in [9.17, 15) is 9.59 Å². The van der Waals surface area contributed by atoms with E-state index in [1.165, 1.54) is 4.90 Å². The van der Waals surface area contributed by atoms with Crippen LogP contribution >= 0.6 is 0 Å². The third-order valence-electron chi connectivity index (χ3n) is 4.53. The first-order valence-corrected chi connectivity index (χ1v) is 9.73. The summed E-state index contributed by atoms with van der Waals surface area (Å²) in [7, 11) is 1.59. The van der Waals surface area contributed by atoms with E-state index in [-0.39, 0.29) is 31.0 Å². The molecule has 6 heteroatoms. The van der Waals surface area contributed by atoms with Gasteiger partial charge in [0.1, 0.15) is 17.5 Å². The van der Waals surface area contributed by atoms with Crippen molar-refractivity contribution in [1.82, 2.24) is 10.2 Å². The molecule has 6 nitrogen and oxygen atoms in total. The number of carbonyl (C=O) groups is 2. The molecular formula is C23H30N2O4. The Balaban J connectivity index is 2.19. The number of hydrogen-bond donors (Lipinski definition) is 1. The molecule has 29 heavy (non-hydrogen) atoms. The van der Waals surface area contributed by atoms with E-state index >= 15 is 0 Å². The van der Waals surface area contributed by atoms with Crippen molar-refractivity contribution in [2.24, 2.45) is 0 Å². The van der Waals surface area contributed by atoms with Crippen molar-refractivity contribution in [3.05, 3.63) is 59.7 Å². The molecule has 1 N–H and O–H groups in total. The number of nitrogens with zero attached hydrogens (tertiary/aromatic N) is 1. The fourth-order valence-corrected chi connectivity index (χ4v) is 2.90. The van der Waals surface area contributed by atoms with Crippen molar-refractivity contribution < 1.29 is 19.1 Å². The molecule has 2 amide bonds. The van der Waals surface area contributed by atoms with Crippen molar-refractivity contribution in [3.63, 3.8) is 0 Å². The van der Waals surface area contributed by atoms with Crippen LogP contribution in [-0.2, 0) is 16.1 Å². The summed E-state index contributed by atoms with van der Waals surface area (Å²) in [6.45, 7) is 7.56. The molecule has 0 saturated carbocycles. The van der Waals surface area contributed by atoms with Crippen LogP contribution in [0, 0.1) is 6.92 Å². The summed E-state index contributed by atoms with van der Waals surface area (Å²) in [6, 6.07) is 14.3. The van der Waals surface area contributed by atoms with Gasteiger partial charge in [-0.3, -0.25) is 9.59 Å². The Hall–Kier alpha value is -3.02. The number of carbonyl (C=O) groups excluding carboxylic acids is 2. The first kappa shape index (κ1) is 22.3.